The Hall–Kier alpha value is -0.760. The molecule has 2 rings (SSSR count). The number of thioether (sulfide) groups is 1. The third-order valence-corrected chi connectivity index (χ3v) is 3.21. The van der Waals surface area contributed by atoms with Crippen molar-refractivity contribution in [1.82, 2.24) is 0 Å². The van der Waals surface area contributed by atoms with E-state index in [1.165, 1.54) is 17.0 Å². The predicted octanol–water partition coefficient (Wildman–Crippen LogP) is 3.66. The number of benzene rings is 1. The van der Waals surface area contributed by atoms with Crippen LogP contribution in [0.3, 0.4) is 0 Å². The van der Waals surface area contributed by atoms with E-state index in [0.717, 1.165) is 17.9 Å². The SMILES string of the molecule is CCCC1=Nc2ccccc2SC1. The van der Waals surface area contributed by atoms with Crippen LogP contribution < -0.4 is 0 Å². The van der Waals surface area contributed by atoms with Gasteiger partial charge in [0.05, 0.1) is 5.69 Å². The summed E-state index contributed by atoms with van der Waals surface area (Å²) in [5, 5.41) is 0. The first-order valence-electron chi connectivity index (χ1n) is 4.68. The van der Waals surface area contributed by atoms with Gasteiger partial charge < -0.3 is 0 Å². The van der Waals surface area contributed by atoms with Gasteiger partial charge in [-0.15, -0.1) is 11.8 Å². The van der Waals surface area contributed by atoms with Gasteiger partial charge >= 0.3 is 0 Å². The fraction of sp³-hybridized carbons (Fsp3) is 0.364. The Morgan fingerprint density at radius 1 is 1.38 bits per heavy atom. The fourth-order valence-corrected chi connectivity index (χ4v) is 2.42. The van der Waals surface area contributed by atoms with Crippen molar-refractivity contribution >= 4 is 23.2 Å². The number of nitrogens with zero attached hydrogens (tertiary/aromatic N) is 1. The molecule has 0 bridgehead atoms. The van der Waals surface area contributed by atoms with E-state index < -0.39 is 0 Å². The Kier molecular flexibility index (Phi) is 2.69. The van der Waals surface area contributed by atoms with E-state index in [1.807, 2.05) is 11.8 Å². The molecule has 0 aliphatic carbocycles. The van der Waals surface area contributed by atoms with Gasteiger partial charge in [-0.1, -0.05) is 25.5 Å². The smallest absolute Gasteiger partial charge is 0.0765 e. The molecule has 1 nitrogen and oxygen atoms in total. The van der Waals surface area contributed by atoms with E-state index in [4.69, 9.17) is 0 Å². The summed E-state index contributed by atoms with van der Waals surface area (Å²) in [5.74, 6) is 1.07. The molecule has 1 heterocycles. The van der Waals surface area contributed by atoms with Crippen molar-refractivity contribution in [2.24, 2.45) is 4.99 Å². The molecule has 13 heavy (non-hydrogen) atoms. The molecule has 0 saturated heterocycles. The highest BCUT2D eigenvalue weighted by Gasteiger charge is 2.10. The van der Waals surface area contributed by atoms with Crippen LogP contribution in [-0.2, 0) is 0 Å². The first kappa shape index (κ1) is 8.82. The van der Waals surface area contributed by atoms with Crippen LogP contribution in [0, 0.1) is 0 Å². The highest BCUT2D eigenvalue weighted by Crippen LogP contribution is 2.33. The summed E-state index contributed by atoms with van der Waals surface area (Å²) in [6, 6.07) is 8.37. The zero-order valence-corrected chi connectivity index (χ0v) is 8.60. The number of hydrogen-bond acceptors (Lipinski definition) is 2. The van der Waals surface area contributed by atoms with Gasteiger partial charge in [0.1, 0.15) is 0 Å². The Bertz CT molecular complexity index is 331. The molecule has 2 heteroatoms. The van der Waals surface area contributed by atoms with Gasteiger partial charge in [0.15, 0.2) is 0 Å². The average molecular weight is 191 g/mol. The van der Waals surface area contributed by atoms with Crippen molar-refractivity contribution in [2.75, 3.05) is 5.75 Å². The van der Waals surface area contributed by atoms with Gasteiger partial charge in [-0.25, -0.2) is 0 Å². The minimum absolute atomic E-state index is 1.07. The molecule has 0 fully saturated rings. The van der Waals surface area contributed by atoms with Crippen LogP contribution in [0.25, 0.3) is 0 Å². The Balaban J connectivity index is 2.28. The van der Waals surface area contributed by atoms with Crippen molar-refractivity contribution < 1.29 is 0 Å². The standard InChI is InChI=1S/C11H13NS/c1-2-5-9-8-13-11-7-4-3-6-10(11)12-9/h3-4,6-7H,2,5,8H2,1H3. The van der Waals surface area contributed by atoms with Crippen LogP contribution in [0.2, 0.25) is 0 Å². The molecule has 0 spiro atoms. The maximum absolute atomic E-state index is 4.63. The first-order valence-corrected chi connectivity index (χ1v) is 5.67. The molecule has 1 aliphatic heterocycles. The number of rotatable bonds is 2. The van der Waals surface area contributed by atoms with E-state index in [2.05, 4.69) is 36.2 Å². The molecule has 0 aromatic heterocycles. The lowest BCUT2D eigenvalue weighted by atomic mass is 10.2. The number of hydrogen-bond donors (Lipinski definition) is 0. The topological polar surface area (TPSA) is 12.4 Å². The van der Waals surface area contributed by atoms with Crippen molar-refractivity contribution in [3.05, 3.63) is 24.3 Å². The molecule has 0 amide bonds. The number of fused-ring (bicyclic) bond motifs is 1. The van der Waals surface area contributed by atoms with Crippen molar-refractivity contribution in [3.63, 3.8) is 0 Å². The molecule has 68 valence electrons. The summed E-state index contributed by atoms with van der Waals surface area (Å²) >= 11 is 1.91. The molecule has 0 unspecified atom stereocenters. The summed E-state index contributed by atoms with van der Waals surface area (Å²) < 4.78 is 0. The summed E-state index contributed by atoms with van der Waals surface area (Å²) in [7, 11) is 0. The Labute approximate surface area is 83.3 Å². The largest absolute Gasteiger partial charge is 0.256 e. The van der Waals surface area contributed by atoms with E-state index in [9.17, 15) is 0 Å². The normalized spacial score (nSPS) is 15.0. The molecule has 0 saturated carbocycles. The van der Waals surface area contributed by atoms with Crippen LogP contribution in [0.5, 0.6) is 0 Å². The van der Waals surface area contributed by atoms with Gasteiger partial charge in [-0.2, -0.15) is 0 Å². The van der Waals surface area contributed by atoms with E-state index in [-0.39, 0.29) is 0 Å². The summed E-state index contributed by atoms with van der Waals surface area (Å²) in [6.45, 7) is 2.20. The third kappa shape index (κ3) is 1.94. The van der Waals surface area contributed by atoms with Crippen LogP contribution in [0.4, 0.5) is 5.69 Å². The third-order valence-electron chi connectivity index (χ3n) is 2.08. The van der Waals surface area contributed by atoms with Crippen LogP contribution in [0.15, 0.2) is 34.2 Å². The van der Waals surface area contributed by atoms with Gasteiger partial charge in [-0.3, -0.25) is 4.99 Å². The van der Waals surface area contributed by atoms with E-state index in [0.29, 0.717) is 0 Å². The average Bonchev–Trinajstić information content (AvgIpc) is 2.18. The number of para-hydroxylation sites is 1. The van der Waals surface area contributed by atoms with Crippen molar-refractivity contribution in [3.8, 4) is 0 Å². The first-order chi connectivity index (χ1) is 6.40. The van der Waals surface area contributed by atoms with Crippen LogP contribution >= 0.6 is 11.8 Å². The molecule has 0 radical (unpaired) electrons. The monoisotopic (exact) mass is 191 g/mol. The molecular weight excluding hydrogens is 178 g/mol. The van der Waals surface area contributed by atoms with Crippen LogP contribution in [-0.4, -0.2) is 11.5 Å². The van der Waals surface area contributed by atoms with Gasteiger partial charge in [0.2, 0.25) is 0 Å². The highest BCUT2D eigenvalue weighted by molar-refractivity contribution is 8.00. The Morgan fingerprint density at radius 2 is 2.23 bits per heavy atom. The second-order valence-corrected chi connectivity index (χ2v) is 4.20. The molecule has 0 N–H and O–H groups in total. The maximum atomic E-state index is 4.63. The fourth-order valence-electron chi connectivity index (χ4n) is 1.45. The highest BCUT2D eigenvalue weighted by atomic mass is 32.2. The van der Waals surface area contributed by atoms with E-state index in [1.54, 1.807) is 0 Å². The quantitative estimate of drug-likeness (QED) is 0.695. The molecule has 0 atom stereocenters. The Morgan fingerprint density at radius 3 is 3.08 bits per heavy atom. The van der Waals surface area contributed by atoms with Crippen LogP contribution in [0.1, 0.15) is 19.8 Å². The second-order valence-electron chi connectivity index (χ2n) is 3.18. The zero-order valence-electron chi connectivity index (χ0n) is 7.79. The summed E-state index contributed by atoms with van der Waals surface area (Å²) in [4.78, 5) is 5.95. The second kappa shape index (κ2) is 3.97. The summed E-state index contributed by atoms with van der Waals surface area (Å²) in [5.41, 5.74) is 2.49. The van der Waals surface area contributed by atoms with Crippen molar-refractivity contribution in [2.45, 2.75) is 24.7 Å². The zero-order chi connectivity index (χ0) is 9.10. The molecule has 1 aromatic carbocycles. The van der Waals surface area contributed by atoms with Gasteiger partial charge in [-0.05, 0) is 18.6 Å². The van der Waals surface area contributed by atoms with E-state index >= 15 is 0 Å². The lowest BCUT2D eigenvalue weighted by molar-refractivity contribution is 0.986. The predicted molar refractivity (Wildman–Crippen MR) is 59.2 cm³/mol. The van der Waals surface area contributed by atoms with Gasteiger partial charge in [0.25, 0.3) is 0 Å². The number of aliphatic imine (C=N–C) groups is 1. The van der Waals surface area contributed by atoms with Gasteiger partial charge in [0, 0.05) is 16.4 Å². The summed E-state index contributed by atoms with van der Waals surface area (Å²) in [6.07, 6.45) is 2.34. The van der Waals surface area contributed by atoms with Crippen molar-refractivity contribution in [1.29, 1.82) is 0 Å². The minimum atomic E-state index is 1.07. The lowest BCUT2D eigenvalue weighted by Crippen LogP contribution is -2.04. The molecule has 1 aromatic rings. The molecular formula is C11H13NS. The molecule has 1 aliphatic rings. The maximum Gasteiger partial charge on any atom is 0.0765 e. The minimum Gasteiger partial charge on any atom is -0.256 e. The lowest BCUT2D eigenvalue weighted by Gasteiger charge is -2.13.